The molecule has 0 unspecified atom stereocenters. The van der Waals surface area contributed by atoms with Gasteiger partial charge < -0.3 is 19.5 Å². The average molecular weight is 469 g/mol. The van der Waals surface area contributed by atoms with Crippen LogP contribution >= 0.6 is 22.6 Å². The van der Waals surface area contributed by atoms with Gasteiger partial charge in [-0.15, -0.1) is 0 Å². The summed E-state index contributed by atoms with van der Waals surface area (Å²) in [7, 11) is 1.58. The minimum atomic E-state index is -0.947. The fourth-order valence-electron chi connectivity index (χ4n) is 2.99. The van der Waals surface area contributed by atoms with E-state index in [4.69, 9.17) is 9.47 Å². The van der Waals surface area contributed by atoms with Crippen LogP contribution < -0.4 is 14.4 Å². The van der Waals surface area contributed by atoms with Crippen molar-refractivity contribution in [3.63, 3.8) is 0 Å². The zero-order valence-corrected chi connectivity index (χ0v) is 16.8. The van der Waals surface area contributed by atoms with Crippen LogP contribution in [0.3, 0.4) is 0 Å². The second-order valence-electron chi connectivity index (χ2n) is 6.11. The number of ether oxygens (including phenoxy) is 2. The Morgan fingerprint density at radius 3 is 2.65 bits per heavy atom. The highest BCUT2D eigenvalue weighted by Crippen LogP contribution is 2.26. The Morgan fingerprint density at radius 2 is 2.08 bits per heavy atom. The first-order valence-corrected chi connectivity index (χ1v) is 9.38. The van der Waals surface area contributed by atoms with E-state index < -0.39 is 5.97 Å². The molecule has 3 rings (SSSR count). The maximum atomic E-state index is 11.2. The van der Waals surface area contributed by atoms with Crippen molar-refractivity contribution in [2.24, 2.45) is 0 Å². The maximum absolute atomic E-state index is 11.2. The van der Waals surface area contributed by atoms with Crippen molar-refractivity contribution >= 4 is 34.4 Å². The molecule has 1 aliphatic heterocycles. The summed E-state index contributed by atoms with van der Waals surface area (Å²) in [6, 6.07) is 5.33. The molecule has 7 nitrogen and oxygen atoms in total. The molecule has 3 heterocycles. The number of piperidine rings is 1. The van der Waals surface area contributed by atoms with E-state index in [9.17, 15) is 9.90 Å². The molecule has 2 aromatic rings. The lowest BCUT2D eigenvalue weighted by Gasteiger charge is -2.33. The normalized spacial score (nSPS) is 15.0. The number of hydrogen-bond acceptors (Lipinski definition) is 6. The number of carboxylic acid groups (broad SMARTS) is 1. The van der Waals surface area contributed by atoms with Crippen LogP contribution in [0.15, 0.2) is 24.4 Å². The van der Waals surface area contributed by atoms with E-state index in [1.54, 1.807) is 25.4 Å². The molecule has 1 aliphatic rings. The average Bonchev–Trinajstić information content (AvgIpc) is 2.64. The Morgan fingerprint density at radius 1 is 1.35 bits per heavy atom. The van der Waals surface area contributed by atoms with Crippen LogP contribution in [0.2, 0.25) is 0 Å². The largest absolute Gasteiger partial charge is 0.489 e. The van der Waals surface area contributed by atoms with Crippen molar-refractivity contribution < 1.29 is 19.4 Å². The van der Waals surface area contributed by atoms with Crippen molar-refractivity contribution in [1.82, 2.24) is 9.97 Å². The molecular weight excluding hydrogens is 449 g/mol. The molecule has 1 saturated heterocycles. The van der Waals surface area contributed by atoms with Gasteiger partial charge in [-0.1, -0.05) is 0 Å². The molecule has 0 aliphatic carbocycles. The number of rotatable bonds is 5. The lowest BCUT2D eigenvalue weighted by Crippen LogP contribution is -2.39. The van der Waals surface area contributed by atoms with Crippen LogP contribution in [0.1, 0.15) is 28.8 Å². The minimum Gasteiger partial charge on any atom is -0.489 e. The summed E-state index contributed by atoms with van der Waals surface area (Å²) in [5, 5.41) is 9.21. The fraction of sp³-hybridized carbons (Fsp3) is 0.389. The zero-order chi connectivity index (χ0) is 18.7. The second-order valence-corrected chi connectivity index (χ2v) is 7.13. The highest BCUT2D eigenvalue weighted by Gasteiger charge is 2.24. The van der Waals surface area contributed by atoms with Crippen molar-refractivity contribution in [1.29, 1.82) is 0 Å². The van der Waals surface area contributed by atoms with Crippen LogP contribution in [0.4, 0.5) is 5.82 Å². The van der Waals surface area contributed by atoms with Crippen LogP contribution in [0.25, 0.3) is 0 Å². The van der Waals surface area contributed by atoms with Crippen molar-refractivity contribution in [3.8, 4) is 11.6 Å². The summed E-state index contributed by atoms with van der Waals surface area (Å²) in [6.07, 6.45) is 3.53. The number of halogens is 1. The number of anilines is 1. The summed E-state index contributed by atoms with van der Waals surface area (Å²) in [5.74, 6) is 1.20. The van der Waals surface area contributed by atoms with E-state index in [1.807, 2.05) is 35.6 Å². The molecule has 1 N–H and O–H groups in total. The molecule has 8 heteroatoms. The van der Waals surface area contributed by atoms with Crippen LogP contribution in [0, 0.1) is 10.6 Å². The summed E-state index contributed by atoms with van der Waals surface area (Å²) < 4.78 is 11.6. The van der Waals surface area contributed by atoms with Gasteiger partial charge in [0.05, 0.1) is 18.9 Å². The third-order valence-corrected chi connectivity index (χ3v) is 5.16. The van der Waals surface area contributed by atoms with Gasteiger partial charge in [0.25, 0.3) is 0 Å². The first-order chi connectivity index (χ1) is 12.5. The van der Waals surface area contributed by atoms with Gasteiger partial charge in [-0.25, -0.2) is 14.8 Å². The Labute approximate surface area is 165 Å². The first-order valence-electron chi connectivity index (χ1n) is 8.30. The molecule has 0 radical (unpaired) electrons. The monoisotopic (exact) mass is 469 g/mol. The predicted molar refractivity (Wildman–Crippen MR) is 105 cm³/mol. The molecule has 138 valence electrons. The van der Waals surface area contributed by atoms with Crippen molar-refractivity contribution in [2.75, 3.05) is 25.1 Å². The minimum absolute atomic E-state index is 0.124. The Kier molecular flexibility index (Phi) is 5.80. The Bertz CT molecular complexity index is 790. The van der Waals surface area contributed by atoms with E-state index in [2.05, 4.69) is 14.9 Å². The van der Waals surface area contributed by atoms with E-state index in [1.165, 1.54) is 0 Å². The van der Waals surface area contributed by atoms with E-state index in [-0.39, 0.29) is 11.7 Å². The quantitative estimate of drug-likeness (QED) is 0.532. The standard InChI is InChI=1S/C18H20IN3O4/c1-11-9-14(18(23)24)16(19)21-17(11)22-7-5-12(6-8-22)26-13-3-4-15(25-2)20-10-13/h3-4,9-10,12H,5-8H2,1-2H3,(H,23,24). The van der Waals surface area contributed by atoms with Crippen molar-refractivity contribution in [2.45, 2.75) is 25.9 Å². The zero-order valence-electron chi connectivity index (χ0n) is 14.6. The first kappa shape index (κ1) is 18.7. The van der Waals surface area contributed by atoms with E-state index in [0.717, 1.165) is 43.1 Å². The molecular formula is C18H20IN3O4. The van der Waals surface area contributed by atoms with Gasteiger partial charge in [0, 0.05) is 32.0 Å². The fourth-order valence-corrected chi connectivity index (χ4v) is 3.60. The molecule has 0 bridgehead atoms. The van der Waals surface area contributed by atoms with Gasteiger partial charge in [-0.3, -0.25) is 0 Å². The number of aryl methyl sites for hydroxylation is 1. The lowest BCUT2D eigenvalue weighted by atomic mass is 10.1. The number of aromatic carboxylic acids is 1. The molecule has 0 spiro atoms. The molecule has 26 heavy (non-hydrogen) atoms. The smallest absolute Gasteiger partial charge is 0.338 e. The topological polar surface area (TPSA) is 84.8 Å². The lowest BCUT2D eigenvalue weighted by molar-refractivity contribution is 0.0695. The number of pyridine rings is 2. The Hall–Kier alpha value is -2.10. The molecule has 1 fully saturated rings. The maximum Gasteiger partial charge on any atom is 0.338 e. The molecule has 2 aromatic heterocycles. The van der Waals surface area contributed by atoms with Gasteiger partial charge in [0.1, 0.15) is 21.4 Å². The SMILES string of the molecule is COc1ccc(OC2CCN(c3nc(I)c(C(=O)O)cc3C)CC2)cn1. The number of methoxy groups -OCH3 is 1. The van der Waals surface area contributed by atoms with Gasteiger partial charge in [0.15, 0.2) is 0 Å². The highest BCUT2D eigenvalue weighted by molar-refractivity contribution is 14.1. The van der Waals surface area contributed by atoms with Gasteiger partial charge in [-0.2, -0.15) is 0 Å². The predicted octanol–water partition coefficient (Wildman–Crippen LogP) is 3.14. The summed E-state index contributed by atoms with van der Waals surface area (Å²) in [4.78, 5) is 22.1. The third kappa shape index (κ3) is 4.17. The summed E-state index contributed by atoms with van der Waals surface area (Å²) in [6.45, 7) is 3.52. The summed E-state index contributed by atoms with van der Waals surface area (Å²) >= 11 is 1.98. The summed E-state index contributed by atoms with van der Waals surface area (Å²) in [5.41, 5.74) is 1.12. The number of aromatic nitrogens is 2. The van der Waals surface area contributed by atoms with Crippen LogP contribution in [0.5, 0.6) is 11.6 Å². The van der Waals surface area contributed by atoms with Gasteiger partial charge in [-0.05, 0) is 47.2 Å². The number of carboxylic acids is 1. The van der Waals surface area contributed by atoms with Gasteiger partial charge in [0.2, 0.25) is 5.88 Å². The molecule has 0 saturated carbocycles. The van der Waals surface area contributed by atoms with E-state index >= 15 is 0 Å². The van der Waals surface area contributed by atoms with Gasteiger partial charge >= 0.3 is 5.97 Å². The second kappa shape index (κ2) is 8.07. The van der Waals surface area contributed by atoms with Crippen molar-refractivity contribution in [3.05, 3.63) is 39.2 Å². The number of hydrogen-bond donors (Lipinski definition) is 1. The number of nitrogens with zero attached hydrogens (tertiary/aromatic N) is 3. The van der Waals surface area contributed by atoms with Crippen LogP contribution in [-0.4, -0.2) is 47.3 Å². The highest BCUT2D eigenvalue weighted by atomic mass is 127. The Balaban J connectivity index is 1.63. The molecule has 0 atom stereocenters. The third-order valence-electron chi connectivity index (χ3n) is 4.33. The molecule has 0 aromatic carbocycles. The number of carbonyl (C=O) groups is 1. The van der Waals surface area contributed by atoms with E-state index in [0.29, 0.717) is 9.58 Å². The van der Waals surface area contributed by atoms with Crippen LogP contribution in [-0.2, 0) is 0 Å². The molecule has 0 amide bonds.